The van der Waals surface area contributed by atoms with Crippen LogP contribution in [0.15, 0.2) is 4.42 Å². The van der Waals surface area contributed by atoms with E-state index < -0.39 is 9.84 Å². The van der Waals surface area contributed by atoms with Crippen LogP contribution in [0.3, 0.4) is 0 Å². The van der Waals surface area contributed by atoms with E-state index in [4.69, 9.17) is 4.42 Å². The lowest BCUT2D eigenvalue weighted by atomic mass is 10.2. The summed E-state index contributed by atoms with van der Waals surface area (Å²) in [5.41, 5.74) is 0. The molecule has 90 valence electrons. The average Bonchev–Trinajstić information content (AvgIpc) is 2.64. The summed E-state index contributed by atoms with van der Waals surface area (Å²) in [7, 11) is -2.98. The van der Waals surface area contributed by atoms with Gasteiger partial charge in [-0.1, -0.05) is 13.8 Å². The molecule has 1 saturated heterocycles. The van der Waals surface area contributed by atoms with Crippen molar-refractivity contribution in [3.63, 3.8) is 0 Å². The minimum Gasteiger partial charge on any atom is -0.423 e. The zero-order valence-electron chi connectivity index (χ0n) is 9.30. The molecule has 0 amide bonds. The summed E-state index contributed by atoms with van der Waals surface area (Å²) in [4.78, 5) is 0. The fourth-order valence-electron chi connectivity index (χ4n) is 1.56. The molecule has 1 aliphatic rings. The van der Waals surface area contributed by atoms with E-state index in [0.717, 1.165) is 0 Å². The second kappa shape index (κ2) is 4.14. The van der Waals surface area contributed by atoms with Gasteiger partial charge in [-0.15, -0.1) is 10.2 Å². The molecule has 0 bridgehead atoms. The van der Waals surface area contributed by atoms with Crippen LogP contribution in [0.25, 0.3) is 0 Å². The Kier molecular flexibility index (Phi) is 2.98. The second-order valence-corrected chi connectivity index (χ2v) is 6.48. The van der Waals surface area contributed by atoms with Gasteiger partial charge in [0.2, 0.25) is 11.8 Å². The topological polar surface area (TPSA) is 85.1 Å². The summed E-state index contributed by atoms with van der Waals surface area (Å²) in [6.07, 6.45) is 0. The smallest absolute Gasteiger partial charge is 0.234 e. The van der Waals surface area contributed by atoms with Crippen molar-refractivity contribution in [1.82, 2.24) is 15.5 Å². The van der Waals surface area contributed by atoms with E-state index in [2.05, 4.69) is 15.5 Å². The summed E-state index contributed by atoms with van der Waals surface area (Å²) in [5.74, 6) is 1.27. The molecule has 1 aromatic rings. The van der Waals surface area contributed by atoms with Gasteiger partial charge in [-0.2, -0.15) is 0 Å². The van der Waals surface area contributed by atoms with Crippen LogP contribution in [0, 0.1) is 0 Å². The van der Waals surface area contributed by atoms with Gasteiger partial charge in [0.25, 0.3) is 0 Å². The molecule has 0 saturated carbocycles. The maximum atomic E-state index is 11.4. The van der Waals surface area contributed by atoms with Crippen molar-refractivity contribution >= 4 is 9.84 Å². The molecule has 0 radical (unpaired) electrons. The molecule has 0 spiro atoms. The van der Waals surface area contributed by atoms with Crippen molar-refractivity contribution < 1.29 is 12.8 Å². The molecule has 7 heteroatoms. The summed E-state index contributed by atoms with van der Waals surface area (Å²) in [6, 6.07) is -0.362. The molecule has 16 heavy (non-hydrogen) atoms. The number of nitrogens with one attached hydrogen (secondary N) is 1. The number of nitrogens with zero attached hydrogens (tertiary/aromatic N) is 2. The lowest BCUT2D eigenvalue weighted by Crippen LogP contribution is -2.39. The minimum atomic E-state index is -2.98. The molecular formula is C9H15N3O3S. The van der Waals surface area contributed by atoms with Gasteiger partial charge in [0.15, 0.2) is 9.84 Å². The predicted molar refractivity (Wildman–Crippen MR) is 57.8 cm³/mol. The Hall–Kier alpha value is -0.950. The summed E-state index contributed by atoms with van der Waals surface area (Å²) in [5, 5.41) is 10.8. The SMILES string of the molecule is CC(C)c1nnc(C2CS(=O)(=O)CCN2)o1. The first-order chi connectivity index (χ1) is 7.48. The Morgan fingerprint density at radius 3 is 2.75 bits per heavy atom. The van der Waals surface area contributed by atoms with Crippen LogP contribution in [0.4, 0.5) is 0 Å². The first-order valence-corrected chi connectivity index (χ1v) is 7.07. The quantitative estimate of drug-likeness (QED) is 0.804. The molecule has 2 rings (SSSR count). The molecular weight excluding hydrogens is 230 g/mol. The Morgan fingerprint density at radius 1 is 1.44 bits per heavy atom. The third-order valence-electron chi connectivity index (χ3n) is 2.47. The average molecular weight is 245 g/mol. The van der Waals surface area contributed by atoms with Crippen molar-refractivity contribution in [2.45, 2.75) is 25.8 Å². The minimum absolute atomic E-state index is 0.0345. The van der Waals surface area contributed by atoms with Crippen LogP contribution in [0.1, 0.15) is 37.6 Å². The molecule has 1 aromatic heterocycles. The van der Waals surface area contributed by atoms with Crippen molar-refractivity contribution in [3.8, 4) is 0 Å². The van der Waals surface area contributed by atoms with Gasteiger partial charge in [0.1, 0.15) is 6.04 Å². The first-order valence-electron chi connectivity index (χ1n) is 5.25. The van der Waals surface area contributed by atoms with Crippen LogP contribution < -0.4 is 5.32 Å². The molecule has 1 unspecified atom stereocenters. The standard InChI is InChI=1S/C9H15N3O3S/c1-6(2)8-11-12-9(15-8)7-5-16(13,14)4-3-10-7/h6-7,10H,3-5H2,1-2H3. The fraction of sp³-hybridized carbons (Fsp3) is 0.778. The molecule has 1 atom stereocenters. The Bertz CT molecular complexity index is 466. The zero-order valence-corrected chi connectivity index (χ0v) is 10.1. The Morgan fingerprint density at radius 2 is 2.19 bits per heavy atom. The number of aromatic nitrogens is 2. The summed E-state index contributed by atoms with van der Waals surface area (Å²) in [6.45, 7) is 4.33. The lowest BCUT2D eigenvalue weighted by Gasteiger charge is -2.20. The van der Waals surface area contributed by atoms with Crippen molar-refractivity contribution in [2.24, 2.45) is 0 Å². The van der Waals surface area contributed by atoms with Gasteiger partial charge >= 0.3 is 0 Å². The summed E-state index contributed by atoms with van der Waals surface area (Å²) < 4.78 is 28.3. The second-order valence-electron chi connectivity index (χ2n) is 4.25. The van der Waals surface area contributed by atoms with Crippen LogP contribution in [0.2, 0.25) is 0 Å². The highest BCUT2D eigenvalue weighted by Gasteiger charge is 2.29. The fourth-order valence-corrected chi connectivity index (χ4v) is 2.93. The van der Waals surface area contributed by atoms with Crippen LogP contribution in [0.5, 0.6) is 0 Å². The number of hydrogen-bond acceptors (Lipinski definition) is 6. The molecule has 1 aliphatic heterocycles. The summed E-state index contributed by atoms with van der Waals surface area (Å²) >= 11 is 0. The van der Waals surface area contributed by atoms with Crippen molar-refractivity contribution in [3.05, 3.63) is 11.8 Å². The number of hydrogen-bond donors (Lipinski definition) is 1. The monoisotopic (exact) mass is 245 g/mol. The highest BCUT2D eigenvalue weighted by molar-refractivity contribution is 7.91. The molecule has 6 nitrogen and oxygen atoms in total. The van der Waals surface area contributed by atoms with Gasteiger partial charge < -0.3 is 9.73 Å². The Balaban J connectivity index is 2.17. The van der Waals surface area contributed by atoms with Crippen LogP contribution >= 0.6 is 0 Å². The largest absolute Gasteiger partial charge is 0.423 e. The first kappa shape index (κ1) is 11.5. The maximum Gasteiger partial charge on any atom is 0.234 e. The lowest BCUT2D eigenvalue weighted by molar-refractivity contribution is 0.381. The van der Waals surface area contributed by atoms with E-state index in [1.807, 2.05) is 13.8 Å². The van der Waals surface area contributed by atoms with Gasteiger partial charge in [-0.25, -0.2) is 8.42 Å². The van der Waals surface area contributed by atoms with E-state index in [-0.39, 0.29) is 23.5 Å². The molecule has 0 aromatic carbocycles. The predicted octanol–water partition coefficient (Wildman–Crippen LogP) is 0.252. The van der Waals surface area contributed by atoms with Crippen LogP contribution in [-0.2, 0) is 9.84 Å². The zero-order chi connectivity index (χ0) is 11.8. The molecule has 1 N–H and O–H groups in total. The van der Waals surface area contributed by atoms with E-state index in [0.29, 0.717) is 18.3 Å². The van der Waals surface area contributed by atoms with E-state index in [9.17, 15) is 8.42 Å². The van der Waals surface area contributed by atoms with Gasteiger partial charge in [0, 0.05) is 12.5 Å². The maximum absolute atomic E-state index is 11.4. The van der Waals surface area contributed by atoms with Crippen molar-refractivity contribution in [1.29, 1.82) is 0 Å². The molecule has 0 aliphatic carbocycles. The molecule has 1 fully saturated rings. The normalized spacial score (nSPS) is 24.8. The number of rotatable bonds is 2. The van der Waals surface area contributed by atoms with Gasteiger partial charge in [-0.05, 0) is 0 Å². The highest BCUT2D eigenvalue weighted by atomic mass is 32.2. The van der Waals surface area contributed by atoms with Crippen molar-refractivity contribution in [2.75, 3.05) is 18.1 Å². The molecule has 2 heterocycles. The van der Waals surface area contributed by atoms with E-state index >= 15 is 0 Å². The Labute approximate surface area is 94.4 Å². The van der Waals surface area contributed by atoms with Gasteiger partial charge in [-0.3, -0.25) is 0 Å². The number of sulfone groups is 1. The highest BCUT2D eigenvalue weighted by Crippen LogP contribution is 2.20. The third kappa shape index (κ3) is 2.41. The van der Waals surface area contributed by atoms with Crippen LogP contribution in [-0.4, -0.2) is 36.7 Å². The van der Waals surface area contributed by atoms with E-state index in [1.54, 1.807) is 0 Å². The van der Waals surface area contributed by atoms with E-state index in [1.165, 1.54) is 0 Å². The third-order valence-corrected chi connectivity index (χ3v) is 4.14. The van der Waals surface area contributed by atoms with Gasteiger partial charge in [0.05, 0.1) is 11.5 Å².